The lowest BCUT2D eigenvalue weighted by molar-refractivity contribution is 0.0942. The molecule has 4 rings (SSSR count). The van der Waals surface area contributed by atoms with Crippen molar-refractivity contribution in [2.24, 2.45) is 0 Å². The lowest BCUT2D eigenvalue weighted by Gasteiger charge is -2.13. The molecule has 0 saturated heterocycles. The number of hydrogen-bond donors (Lipinski definition) is 4. The van der Waals surface area contributed by atoms with Crippen LogP contribution in [0.4, 0.5) is 11.4 Å². The summed E-state index contributed by atoms with van der Waals surface area (Å²) in [5, 5.41) is 3.43. The Morgan fingerprint density at radius 2 is 2.00 bits per heavy atom. The number of nitrogens with zero attached hydrogens (tertiary/aromatic N) is 1. The first-order valence-corrected chi connectivity index (χ1v) is 6.60. The van der Waals surface area contributed by atoms with Crippen molar-refractivity contribution in [3.63, 3.8) is 0 Å². The fourth-order valence-corrected chi connectivity index (χ4v) is 2.87. The number of rotatable bonds is 1. The maximum atomic E-state index is 12.1. The molecule has 1 aromatic heterocycles. The number of pyridine rings is 1. The summed E-state index contributed by atoms with van der Waals surface area (Å²) in [6.45, 7) is 0. The van der Waals surface area contributed by atoms with Gasteiger partial charge in [0.1, 0.15) is 0 Å². The smallest absolute Gasteiger partial charge is 0.270 e. The molecule has 104 valence electrons. The summed E-state index contributed by atoms with van der Waals surface area (Å²) in [6, 6.07) is 7.42. The largest absolute Gasteiger partial charge is 0.399 e. The van der Waals surface area contributed by atoms with Crippen molar-refractivity contribution in [1.82, 2.24) is 15.8 Å². The topological polar surface area (TPSA) is 92.1 Å². The van der Waals surface area contributed by atoms with Crippen LogP contribution < -0.4 is 21.9 Å². The van der Waals surface area contributed by atoms with E-state index >= 15 is 0 Å². The lowest BCUT2D eigenvalue weighted by Crippen LogP contribution is -2.32. The minimum absolute atomic E-state index is 0.0382. The van der Waals surface area contributed by atoms with E-state index < -0.39 is 0 Å². The summed E-state index contributed by atoms with van der Waals surface area (Å²) in [6.07, 6.45) is 5.32. The molecule has 0 fully saturated rings. The number of hydrogen-bond acceptors (Lipinski definition) is 5. The third kappa shape index (κ3) is 1.73. The predicted octanol–water partition coefficient (Wildman–Crippen LogP) is 1.42. The molecule has 0 saturated carbocycles. The van der Waals surface area contributed by atoms with Crippen LogP contribution in [0.2, 0.25) is 0 Å². The van der Waals surface area contributed by atoms with Crippen molar-refractivity contribution < 1.29 is 4.79 Å². The van der Waals surface area contributed by atoms with Gasteiger partial charge in [-0.05, 0) is 29.8 Å². The normalized spacial score (nSPS) is 18.8. The average molecular weight is 279 g/mol. The molecule has 1 aromatic carbocycles. The lowest BCUT2D eigenvalue weighted by atomic mass is 9.94. The summed E-state index contributed by atoms with van der Waals surface area (Å²) in [4.78, 5) is 16.2. The molecule has 0 radical (unpaired) electrons. The van der Waals surface area contributed by atoms with Gasteiger partial charge in [-0.2, -0.15) is 0 Å². The second-order valence-corrected chi connectivity index (χ2v) is 5.05. The number of anilines is 2. The molecule has 2 aliphatic rings. The first-order chi connectivity index (χ1) is 10.2. The number of aromatic nitrogens is 1. The Hall–Kier alpha value is -3.02. The standard InChI is InChI=1S/C15H13N5O/c16-9-5-10-13-11(7-18-20-15(10)21)14(19-12(13)6-9)8-1-3-17-4-2-8/h1-7,14,18-19H,16H2,(H,20,21). The number of nitrogens with one attached hydrogen (secondary N) is 3. The van der Waals surface area contributed by atoms with Crippen LogP contribution >= 0.6 is 0 Å². The van der Waals surface area contributed by atoms with Crippen molar-refractivity contribution >= 4 is 22.9 Å². The summed E-state index contributed by atoms with van der Waals surface area (Å²) in [7, 11) is 0. The van der Waals surface area contributed by atoms with Crippen LogP contribution in [0.5, 0.6) is 0 Å². The van der Waals surface area contributed by atoms with Crippen molar-refractivity contribution in [3.8, 4) is 0 Å². The minimum atomic E-state index is -0.193. The third-order valence-corrected chi connectivity index (χ3v) is 3.76. The highest BCUT2D eigenvalue weighted by Gasteiger charge is 2.33. The zero-order valence-electron chi connectivity index (χ0n) is 11.1. The van der Waals surface area contributed by atoms with E-state index in [1.54, 1.807) is 18.5 Å². The van der Waals surface area contributed by atoms with Crippen LogP contribution in [0.1, 0.15) is 27.5 Å². The second kappa shape index (κ2) is 4.24. The van der Waals surface area contributed by atoms with Gasteiger partial charge in [0, 0.05) is 41.1 Å². The zero-order valence-corrected chi connectivity index (χ0v) is 11.1. The van der Waals surface area contributed by atoms with Crippen LogP contribution in [0.15, 0.2) is 42.9 Å². The van der Waals surface area contributed by atoms with Crippen LogP contribution in [-0.4, -0.2) is 10.9 Å². The predicted molar refractivity (Wildman–Crippen MR) is 80.0 cm³/mol. The van der Waals surface area contributed by atoms with Crippen molar-refractivity contribution in [3.05, 3.63) is 59.5 Å². The van der Waals surface area contributed by atoms with Gasteiger partial charge in [-0.3, -0.25) is 15.2 Å². The molecule has 0 aliphatic carbocycles. The van der Waals surface area contributed by atoms with Crippen molar-refractivity contribution in [2.75, 3.05) is 11.1 Å². The summed E-state index contributed by atoms with van der Waals surface area (Å²) < 4.78 is 0. The Balaban J connectivity index is 1.92. The van der Waals surface area contributed by atoms with Crippen LogP contribution in [0.3, 0.4) is 0 Å². The quantitative estimate of drug-likeness (QED) is 0.593. The zero-order chi connectivity index (χ0) is 14.4. The number of amides is 1. The van der Waals surface area contributed by atoms with E-state index in [2.05, 4.69) is 21.2 Å². The van der Waals surface area contributed by atoms with Gasteiger partial charge in [0.15, 0.2) is 0 Å². The molecule has 1 amide bonds. The molecular weight excluding hydrogens is 266 g/mol. The Morgan fingerprint density at radius 1 is 1.19 bits per heavy atom. The fourth-order valence-electron chi connectivity index (χ4n) is 2.87. The summed E-state index contributed by atoms with van der Waals surface area (Å²) in [5.74, 6) is -0.193. The fraction of sp³-hybridized carbons (Fsp3) is 0.0667. The maximum Gasteiger partial charge on any atom is 0.270 e. The van der Waals surface area contributed by atoms with Gasteiger partial charge in [0.05, 0.1) is 11.6 Å². The summed E-state index contributed by atoms with van der Waals surface area (Å²) >= 11 is 0. The van der Waals surface area contributed by atoms with E-state index in [4.69, 9.17) is 5.73 Å². The molecule has 2 aliphatic heterocycles. The number of nitrogen functional groups attached to an aromatic ring is 1. The highest BCUT2D eigenvalue weighted by molar-refractivity contribution is 6.06. The molecule has 6 heteroatoms. The van der Waals surface area contributed by atoms with Crippen LogP contribution in [0.25, 0.3) is 5.57 Å². The van der Waals surface area contributed by atoms with Gasteiger partial charge in [-0.25, -0.2) is 0 Å². The summed E-state index contributed by atoms with van der Waals surface area (Å²) in [5.41, 5.74) is 16.4. The first-order valence-electron chi connectivity index (χ1n) is 6.60. The number of benzene rings is 1. The monoisotopic (exact) mass is 279 g/mol. The maximum absolute atomic E-state index is 12.1. The minimum Gasteiger partial charge on any atom is -0.399 e. The van der Waals surface area contributed by atoms with Gasteiger partial charge < -0.3 is 16.5 Å². The number of nitrogens with two attached hydrogens (primary N) is 1. The van der Waals surface area contributed by atoms with Gasteiger partial charge >= 0.3 is 0 Å². The van der Waals surface area contributed by atoms with E-state index in [0.717, 1.165) is 22.4 Å². The van der Waals surface area contributed by atoms with Gasteiger partial charge in [-0.1, -0.05) is 0 Å². The highest BCUT2D eigenvalue weighted by Crippen LogP contribution is 2.46. The molecule has 5 N–H and O–H groups in total. The Morgan fingerprint density at radius 3 is 2.81 bits per heavy atom. The molecule has 3 heterocycles. The Labute approximate surface area is 121 Å². The van der Waals surface area contributed by atoms with Crippen molar-refractivity contribution in [2.45, 2.75) is 6.04 Å². The SMILES string of the molecule is Nc1cc2c3c(c1)C(=O)NNC=C3C(c1ccncc1)N2. The molecule has 0 bridgehead atoms. The van der Waals surface area contributed by atoms with E-state index in [1.807, 2.05) is 24.4 Å². The van der Waals surface area contributed by atoms with Crippen molar-refractivity contribution in [1.29, 1.82) is 0 Å². The second-order valence-electron chi connectivity index (χ2n) is 5.05. The molecule has 0 spiro atoms. The highest BCUT2D eigenvalue weighted by atomic mass is 16.2. The van der Waals surface area contributed by atoms with Crippen LogP contribution in [0, 0.1) is 0 Å². The molecule has 1 atom stereocenters. The average Bonchev–Trinajstić information content (AvgIpc) is 2.76. The molecule has 1 unspecified atom stereocenters. The van der Waals surface area contributed by atoms with Gasteiger partial charge in [0.2, 0.25) is 0 Å². The van der Waals surface area contributed by atoms with E-state index in [-0.39, 0.29) is 11.9 Å². The number of carbonyl (C=O) groups is 1. The van der Waals surface area contributed by atoms with E-state index in [1.165, 1.54) is 0 Å². The molecule has 2 aromatic rings. The van der Waals surface area contributed by atoms with E-state index in [0.29, 0.717) is 11.3 Å². The van der Waals surface area contributed by atoms with Gasteiger partial charge in [-0.15, -0.1) is 0 Å². The van der Waals surface area contributed by atoms with Gasteiger partial charge in [0.25, 0.3) is 5.91 Å². The number of hydrazine groups is 1. The van der Waals surface area contributed by atoms with Crippen LogP contribution in [-0.2, 0) is 0 Å². The molecule has 6 nitrogen and oxygen atoms in total. The third-order valence-electron chi connectivity index (χ3n) is 3.76. The Bertz CT molecular complexity index is 769. The Kier molecular flexibility index (Phi) is 2.38. The van der Waals surface area contributed by atoms with E-state index in [9.17, 15) is 4.79 Å². The number of carbonyl (C=O) groups excluding carboxylic acids is 1. The first kappa shape index (κ1) is 11.8. The molecule has 21 heavy (non-hydrogen) atoms. The molecular formula is C15H13N5O.